The summed E-state index contributed by atoms with van der Waals surface area (Å²) in [6.45, 7) is 4.28. The molecule has 1 N–H and O–H groups in total. The molecular formula is C12H18ClN3OS. The largest absolute Gasteiger partial charge is 0.366 e. The van der Waals surface area contributed by atoms with Gasteiger partial charge in [0.15, 0.2) is 0 Å². The van der Waals surface area contributed by atoms with E-state index in [2.05, 4.69) is 29.1 Å². The van der Waals surface area contributed by atoms with Crippen molar-refractivity contribution in [2.75, 3.05) is 11.1 Å². The molecule has 2 heterocycles. The van der Waals surface area contributed by atoms with Crippen molar-refractivity contribution >= 4 is 28.2 Å². The molecule has 0 fully saturated rings. The summed E-state index contributed by atoms with van der Waals surface area (Å²) in [6.07, 6.45) is 3.91. The number of aryl methyl sites for hydroxylation is 1. The Bertz CT molecular complexity index is 467. The molecule has 2 rings (SSSR count). The Kier molecular flexibility index (Phi) is 4.56. The fraction of sp³-hybridized carbons (Fsp3) is 0.667. The van der Waals surface area contributed by atoms with Crippen molar-refractivity contribution in [2.24, 2.45) is 0 Å². The van der Waals surface area contributed by atoms with E-state index in [9.17, 15) is 4.21 Å². The van der Waals surface area contributed by atoms with Crippen molar-refractivity contribution in [3.05, 3.63) is 11.0 Å². The van der Waals surface area contributed by atoms with Gasteiger partial charge in [0.25, 0.3) is 0 Å². The van der Waals surface area contributed by atoms with Crippen molar-refractivity contribution in [3.8, 4) is 0 Å². The molecule has 0 saturated heterocycles. The van der Waals surface area contributed by atoms with Crippen LogP contribution in [-0.2, 0) is 17.2 Å². The van der Waals surface area contributed by atoms with Gasteiger partial charge in [-0.2, -0.15) is 4.98 Å². The molecule has 0 bridgehead atoms. The average molecular weight is 288 g/mol. The zero-order chi connectivity index (χ0) is 13.1. The highest BCUT2D eigenvalue weighted by atomic mass is 35.5. The van der Waals surface area contributed by atoms with Crippen LogP contribution in [0.5, 0.6) is 0 Å². The summed E-state index contributed by atoms with van der Waals surface area (Å²) in [7, 11) is -0.986. The van der Waals surface area contributed by atoms with E-state index in [4.69, 9.17) is 11.6 Å². The number of anilines is 1. The molecule has 0 aromatic carbocycles. The lowest BCUT2D eigenvalue weighted by atomic mass is 10.1. The zero-order valence-electron chi connectivity index (χ0n) is 10.7. The normalized spacial score (nSPS) is 19.6. The molecule has 0 amide bonds. The molecule has 0 aliphatic carbocycles. The number of halogens is 1. The lowest BCUT2D eigenvalue weighted by Crippen LogP contribution is -2.20. The van der Waals surface area contributed by atoms with E-state index in [1.165, 1.54) is 0 Å². The molecule has 2 unspecified atom stereocenters. The van der Waals surface area contributed by atoms with Crippen LogP contribution in [0.1, 0.15) is 38.8 Å². The lowest BCUT2D eigenvalue weighted by molar-refractivity contribution is 0.617. The Morgan fingerprint density at radius 3 is 2.89 bits per heavy atom. The Balaban J connectivity index is 2.30. The molecule has 1 aliphatic heterocycles. The predicted octanol–water partition coefficient (Wildman–Crippen LogP) is 2.78. The van der Waals surface area contributed by atoms with Crippen LogP contribution >= 0.6 is 11.6 Å². The van der Waals surface area contributed by atoms with Gasteiger partial charge in [-0.05, 0) is 24.4 Å². The van der Waals surface area contributed by atoms with Crippen LogP contribution in [0.25, 0.3) is 0 Å². The van der Waals surface area contributed by atoms with Crippen molar-refractivity contribution in [3.63, 3.8) is 0 Å². The van der Waals surface area contributed by atoms with Crippen LogP contribution < -0.4 is 5.32 Å². The van der Waals surface area contributed by atoms with Gasteiger partial charge in [0, 0.05) is 18.2 Å². The third kappa shape index (κ3) is 2.83. The summed E-state index contributed by atoms with van der Waals surface area (Å²) in [6, 6.07) is 0.350. The van der Waals surface area contributed by atoms with Crippen LogP contribution in [0.15, 0.2) is 4.90 Å². The van der Waals surface area contributed by atoms with Crippen molar-refractivity contribution in [1.29, 1.82) is 0 Å². The van der Waals surface area contributed by atoms with E-state index in [1.54, 1.807) is 0 Å². The van der Waals surface area contributed by atoms with Gasteiger partial charge >= 0.3 is 0 Å². The summed E-state index contributed by atoms with van der Waals surface area (Å²) in [5, 5.41) is 3.61. The molecule has 0 radical (unpaired) electrons. The van der Waals surface area contributed by atoms with E-state index in [0.717, 1.165) is 36.3 Å². The third-order valence-electron chi connectivity index (χ3n) is 3.13. The summed E-state index contributed by atoms with van der Waals surface area (Å²) >= 11 is 5.92. The number of nitrogens with zero attached hydrogens (tertiary/aromatic N) is 2. The van der Waals surface area contributed by atoms with Gasteiger partial charge < -0.3 is 5.32 Å². The van der Waals surface area contributed by atoms with Gasteiger partial charge in [-0.25, -0.2) is 4.98 Å². The number of hydrogen-bond acceptors (Lipinski definition) is 4. The van der Waals surface area contributed by atoms with E-state index in [-0.39, 0.29) is 5.28 Å². The van der Waals surface area contributed by atoms with Crippen LogP contribution in [0.4, 0.5) is 5.82 Å². The molecule has 1 aliphatic rings. The predicted molar refractivity (Wildman–Crippen MR) is 74.6 cm³/mol. The topological polar surface area (TPSA) is 54.9 Å². The van der Waals surface area contributed by atoms with E-state index in [1.807, 2.05) is 0 Å². The Labute approximate surface area is 115 Å². The van der Waals surface area contributed by atoms with Crippen molar-refractivity contribution in [1.82, 2.24) is 9.97 Å². The van der Waals surface area contributed by atoms with E-state index in [0.29, 0.717) is 17.6 Å². The SMILES string of the molecule is CCCC(CC)Nc1nc(Cl)nc2c1S(=O)CC2. The smallest absolute Gasteiger partial charge is 0.224 e. The van der Waals surface area contributed by atoms with Crippen LogP contribution in [-0.4, -0.2) is 26.0 Å². The summed E-state index contributed by atoms with van der Waals surface area (Å²) in [4.78, 5) is 9.14. The molecule has 0 spiro atoms. The maximum Gasteiger partial charge on any atom is 0.224 e. The number of nitrogens with one attached hydrogen (secondary N) is 1. The molecule has 4 nitrogen and oxygen atoms in total. The second-order valence-corrected chi connectivity index (χ2v) is 6.30. The average Bonchev–Trinajstić information content (AvgIpc) is 2.70. The molecule has 6 heteroatoms. The first-order valence-corrected chi connectivity index (χ1v) is 8.06. The quantitative estimate of drug-likeness (QED) is 0.846. The summed E-state index contributed by atoms with van der Waals surface area (Å²) in [5.41, 5.74) is 0.835. The maximum absolute atomic E-state index is 12.0. The fourth-order valence-electron chi connectivity index (χ4n) is 2.18. The molecular weight excluding hydrogens is 270 g/mol. The third-order valence-corrected chi connectivity index (χ3v) is 4.76. The Morgan fingerprint density at radius 1 is 1.44 bits per heavy atom. The van der Waals surface area contributed by atoms with Crippen molar-refractivity contribution < 1.29 is 4.21 Å². The molecule has 1 aromatic heterocycles. The standard InChI is InChI=1S/C12H18ClN3OS/c1-3-5-8(4-2)14-11-10-9(6-7-18(10)17)15-12(13)16-11/h8H,3-7H2,1-2H3,(H,14,15,16). The minimum atomic E-state index is -0.986. The van der Waals surface area contributed by atoms with Crippen LogP contribution in [0.3, 0.4) is 0 Å². The number of hydrogen-bond donors (Lipinski definition) is 1. The Hall–Kier alpha value is -0.680. The van der Waals surface area contributed by atoms with Crippen LogP contribution in [0, 0.1) is 0 Å². The number of aromatic nitrogens is 2. The number of rotatable bonds is 5. The van der Waals surface area contributed by atoms with Gasteiger partial charge in [-0.3, -0.25) is 4.21 Å². The zero-order valence-corrected chi connectivity index (χ0v) is 12.3. The van der Waals surface area contributed by atoms with E-state index < -0.39 is 10.8 Å². The molecule has 2 atom stereocenters. The van der Waals surface area contributed by atoms with Crippen molar-refractivity contribution in [2.45, 2.75) is 50.5 Å². The molecule has 0 saturated carbocycles. The molecule has 100 valence electrons. The van der Waals surface area contributed by atoms with Gasteiger partial charge in [-0.15, -0.1) is 0 Å². The van der Waals surface area contributed by atoms with Gasteiger partial charge in [0.2, 0.25) is 5.28 Å². The van der Waals surface area contributed by atoms with Gasteiger partial charge in [-0.1, -0.05) is 20.3 Å². The van der Waals surface area contributed by atoms with Gasteiger partial charge in [0.1, 0.15) is 10.7 Å². The molecule has 18 heavy (non-hydrogen) atoms. The lowest BCUT2D eigenvalue weighted by Gasteiger charge is -2.18. The second kappa shape index (κ2) is 5.97. The fourth-order valence-corrected chi connectivity index (χ4v) is 3.69. The highest BCUT2D eigenvalue weighted by molar-refractivity contribution is 7.85. The van der Waals surface area contributed by atoms with E-state index >= 15 is 0 Å². The highest BCUT2D eigenvalue weighted by Gasteiger charge is 2.26. The maximum atomic E-state index is 12.0. The minimum Gasteiger partial charge on any atom is -0.366 e. The Morgan fingerprint density at radius 2 is 2.22 bits per heavy atom. The highest BCUT2D eigenvalue weighted by Crippen LogP contribution is 2.29. The monoisotopic (exact) mass is 287 g/mol. The first kappa shape index (κ1) is 13.7. The first-order valence-electron chi connectivity index (χ1n) is 6.37. The summed E-state index contributed by atoms with van der Waals surface area (Å²) in [5.74, 6) is 1.30. The number of fused-ring (bicyclic) bond motifs is 1. The second-order valence-electron chi connectivity index (χ2n) is 4.45. The van der Waals surface area contributed by atoms with Crippen LogP contribution in [0.2, 0.25) is 5.28 Å². The minimum absolute atomic E-state index is 0.238. The molecule has 1 aromatic rings. The van der Waals surface area contributed by atoms with Gasteiger partial charge in [0.05, 0.1) is 16.5 Å². The first-order chi connectivity index (χ1) is 8.65. The summed E-state index contributed by atoms with van der Waals surface area (Å²) < 4.78 is 12.0.